The van der Waals surface area contributed by atoms with Gasteiger partial charge in [0.2, 0.25) is 0 Å². The van der Waals surface area contributed by atoms with E-state index in [2.05, 4.69) is 0 Å². The molecule has 0 radical (unpaired) electrons. The van der Waals surface area contributed by atoms with Crippen molar-refractivity contribution in [2.45, 2.75) is 38.7 Å². The van der Waals surface area contributed by atoms with Crippen molar-refractivity contribution in [3.05, 3.63) is 29.8 Å². The Labute approximate surface area is 130 Å². The van der Waals surface area contributed by atoms with Crippen molar-refractivity contribution in [1.82, 2.24) is 4.90 Å². The fourth-order valence-electron chi connectivity index (χ4n) is 2.69. The number of amides is 1. The number of hydrogen-bond donors (Lipinski definition) is 1. The summed E-state index contributed by atoms with van der Waals surface area (Å²) >= 11 is 0. The number of nitrogens with zero attached hydrogens (tertiary/aromatic N) is 1. The highest BCUT2D eigenvalue weighted by Crippen LogP contribution is 2.24. The molecule has 1 aliphatic carbocycles. The summed E-state index contributed by atoms with van der Waals surface area (Å²) < 4.78 is 5.90. The summed E-state index contributed by atoms with van der Waals surface area (Å²) in [4.78, 5) is 24.7. The molecule has 0 saturated heterocycles. The van der Waals surface area contributed by atoms with Crippen molar-refractivity contribution >= 4 is 11.9 Å². The van der Waals surface area contributed by atoms with Gasteiger partial charge in [0.05, 0.1) is 12.0 Å². The molecule has 1 N–H and O–H groups in total. The smallest absolute Gasteiger partial charge is 0.308 e. The van der Waals surface area contributed by atoms with Crippen LogP contribution in [0.25, 0.3) is 0 Å². The zero-order valence-electron chi connectivity index (χ0n) is 13.1. The third-order valence-electron chi connectivity index (χ3n) is 4.00. The third kappa shape index (κ3) is 4.23. The highest BCUT2D eigenvalue weighted by Gasteiger charge is 2.20. The van der Waals surface area contributed by atoms with Gasteiger partial charge in [-0.05, 0) is 43.9 Å². The number of carboxylic acids is 1. The highest BCUT2D eigenvalue weighted by molar-refractivity contribution is 5.94. The molecule has 1 fully saturated rings. The van der Waals surface area contributed by atoms with E-state index >= 15 is 0 Å². The lowest BCUT2D eigenvalue weighted by atomic mass is 10.1. The largest absolute Gasteiger partial charge is 0.490 e. The number of carbonyl (C=O) groups is 2. The van der Waals surface area contributed by atoms with Crippen molar-refractivity contribution in [2.24, 2.45) is 5.92 Å². The second-order valence-electron chi connectivity index (χ2n) is 5.98. The van der Waals surface area contributed by atoms with E-state index in [0.29, 0.717) is 11.3 Å². The number of rotatable bonds is 6. The summed E-state index contributed by atoms with van der Waals surface area (Å²) in [6.07, 6.45) is 4.76. The summed E-state index contributed by atoms with van der Waals surface area (Å²) in [6.45, 7) is 1.77. The van der Waals surface area contributed by atoms with Crippen LogP contribution in [0.15, 0.2) is 24.3 Å². The van der Waals surface area contributed by atoms with Crippen LogP contribution < -0.4 is 4.74 Å². The van der Waals surface area contributed by atoms with Crippen LogP contribution in [0.4, 0.5) is 0 Å². The van der Waals surface area contributed by atoms with E-state index in [4.69, 9.17) is 9.84 Å². The molecule has 0 spiro atoms. The third-order valence-corrected chi connectivity index (χ3v) is 4.00. The molecule has 1 aliphatic rings. The first-order valence-corrected chi connectivity index (χ1v) is 7.72. The van der Waals surface area contributed by atoms with Crippen molar-refractivity contribution in [2.75, 3.05) is 13.6 Å². The minimum absolute atomic E-state index is 0.182. The number of aliphatic carboxylic acids is 1. The van der Waals surface area contributed by atoms with Gasteiger partial charge in [0.25, 0.3) is 5.91 Å². The van der Waals surface area contributed by atoms with Crippen LogP contribution >= 0.6 is 0 Å². The first-order chi connectivity index (χ1) is 10.5. The monoisotopic (exact) mass is 305 g/mol. The molecule has 22 heavy (non-hydrogen) atoms. The molecule has 2 rings (SSSR count). The van der Waals surface area contributed by atoms with Gasteiger partial charge < -0.3 is 14.7 Å². The molecule has 0 bridgehead atoms. The predicted molar refractivity (Wildman–Crippen MR) is 83.1 cm³/mol. The van der Waals surface area contributed by atoms with Gasteiger partial charge in [-0.3, -0.25) is 9.59 Å². The Morgan fingerprint density at radius 3 is 2.68 bits per heavy atom. The van der Waals surface area contributed by atoms with E-state index in [9.17, 15) is 9.59 Å². The first-order valence-electron chi connectivity index (χ1n) is 7.72. The second kappa shape index (κ2) is 7.29. The van der Waals surface area contributed by atoms with E-state index in [1.807, 2.05) is 6.07 Å². The Morgan fingerprint density at radius 1 is 1.36 bits per heavy atom. The number of benzene rings is 1. The molecule has 1 unspecified atom stereocenters. The fraction of sp³-hybridized carbons (Fsp3) is 0.529. The van der Waals surface area contributed by atoms with Gasteiger partial charge in [0.15, 0.2) is 0 Å². The van der Waals surface area contributed by atoms with Crippen LogP contribution in [0.1, 0.15) is 43.0 Å². The van der Waals surface area contributed by atoms with E-state index in [1.165, 1.54) is 17.7 Å². The van der Waals surface area contributed by atoms with Crippen LogP contribution in [-0.4, -0.2) is 41.6 Å². The van der Waals surface area contributed by atoms with Crippen molar-refractivity contribution < 1.29 is 19.4 Å². The average molecular weight is 305 g/mol. The van der Waals surface area contributed by atoms with Gasteiger partial charge in [-0.15, -0.1) is 0 Å². The molecule has 1 aromatic carbocycles. The van der Waals surface area contributed by atoms with Gasteiger partial charge in [-0.1, -0.05) is 13.0 Å². The van der Waals surface area contributed by atoms with Crippen molar-refractivity contribution in [3.8, 4) is 5.75 Å². The second-order valence-corrected chi connectivity index (χ2v) is 5.98. The number of hydrogen-bond acceptors (Lipinski definition) is 3. The normalized spacial score (nSPS) is 16.3. The molecular weight excluding hydrogens is 282 g/mol. The maximum atomic E-state index is 12.4. The molecule has 1 saturated carbocycles. The summed E-state index contributed by atoms with van der Waals surface area (Å²) in [5.41, 5.74) is 0.524. The van der Waals surface area contributed by atoms with E-state index in [-0.39, 0.29) is 18.6 Å². The van der Waals surface area contributed by atoms with Crippen LogP contribution in [-0.2, 0) is 4.79 Å². The summed E-state index contributed by atoms with van der Waals surface area (Å²) in [6, 6.07) is 7.12. The number of ether oxygens (including phenoxy) is 1. The Balaban J connectivity index is 2.01. The topological polar surface area (TPSA) is 66.8 Å². The molecule has 0 aliphatic heterocycles. The Hall–Kier alpha value is -2.04. The van der Waals surface area contributed by atoms with Crippen molar-refractivity contribution in [1.29, 1.82) is 0 Å². The van der Waals surface area contributed by atoms with E-state index < -0.39 is 11.9 Å². The Morgan fingerprint density at radius 2 is 2.05 bits per heavy atom. The van der Waals surface area contributed by atoms with Crippen LogP contribution in [0.2, 0.25) is 0 Å². The predicted octanol–water partition coefficient (Wildman–Crippen LogP) is 2.80. The molecular formula is C17H23NO4. The standard InChI is InChI=1S/C17H23NO4/c1-12(17(20)21)11-18(2)16(19)13-6-5-9-15(10-13)22-14-7-3-4-8-14/h5-6,9-10,12,14H,3-4,7-8,11H2,1-2H3,(H,20,21). The molecule has 1 atom stereocenters. The molecule has 5 heteroatoms. The van der Waals surface area contributed by atoms with Crippen molar-refractivity contribution in [3.63, 3.8) is 0 Å². The molecule has 5 nitrogen and oxygen atoms in total. The molecule has 1 aromatic rings. The van der Waals surface area contributed by atoms with E-state index in [1.54, 1.807) is 32.2 Å². The molecule has 120 valence electrons. The van der Waals surface area contributed by atoms with Crippen LogP contribution in [0.3, 0.4) is 0 Å². The Bertz CT molecular complexity index is 537. The lowest BCUT2D eigenvalue weighted by molar-refractivity contribution is -0.141. The van der Waals surface area contributed by atoms with Gasteiger partial charge >= 0.3 is 5.97 Å². The minimum atomic E-state index is -0.905. The molecule has 0 heterocycles. The average Bonchev–Trinajstić information content (AvgIpc) is 2.99. The van der Waals surface area contributed by atoms with Crippen LogP contribution in [0.5, 0.6) is 5.75 Å². The van der Waals surface area contributed by atoms with Gasteiger partial charge in [0, 0.05) is 19.2 Å². The Kier molecular flexibility index (Phi) is 5.41. The fourth-order valence-corrected chi connectivity index (χ4v) is 2.69. The SMILES string of the molecule is CC(CN(C)C(=O)c1cccc(OC2CCCC2)c1)C(=O)O. The zero-order chi connectivity index (χ0) is 16.1. The van der Waals surface area contributed by atoms with Gasteiger partial charge in [0.1, 0.15) is 5.75 Å². The van der Waals surface area contributed by atoms with Crippen LogP contribution in [0, 0.1) is 5.92 Å². The maximum absolute atomic E-state index is 12.4. The zero-order valence-corrected chi connectivity index (χ0v) is 13.1. The summed E-state index contributed by atoms with van der Waals surface area (Å²) in [5.74, 6) is -0.979. The minimum Gasteiger partial charge on any atom is -0.490 e. The number of carbonyl (C=O) groups excluding carboxylic acids is 1. The summed E-state index contributed by atoms with van der Waals surface area (Å²) in [5, 5.41) is 8.93. The van der Waals surface area contributed by atoms with Gasteiger partial charge in [-0.2, -0.15) is 0 Å². The lowest BCUT2D eigenvalue weighted by Crippen LogP contribution is -2.33. The molecule has 0 aromatic heterocycles. The number of carboxylic acid groups (broad SMARTS) is 1. The summed E-state index contributed by atoms with van der Waals surface area (Å²) in [7, 11) is 1.62. The highest BCUT2D eigenvalue weighted by atomic mass is 16.5. The molecule has 1 amide bonds. The first kappa shape index (κ1) is 16.3. The quantitative estimate of drug-likeness (QED) is 0.877. The van der Waals surface area contributed by atoms with Gasteiger partial charge in [-0.25, -0.2) is 0 Å². The van der Waals surface area contributed by atoms with E-state index in [0.717, 1.165) is 12.8 Å². The lowest BCUT2D eigenvalue weighted by Gasteiger charge is -2.20. The maximum Gasteiger partial charge on any atom is 0.308 e.